The average Bonchev–Trinajstić information content (AvgIpc) is 2.67. The number of amides is 2. The van der Waals surface area contributed by atoms with Crippen molar-refractivity contribution in [2.75, 3.05) is 5.73 Å². The fourth-order valence-electron chi connectivity index (χ4n) is 2.06. The van der Waals surface area contributed by atoms with E-state index < -0.39 is 5.91 Å². The molecule has 2 aromatic heterocycles. The zero-order valence-corrected chi connectivity index (χ0v) is 9.96. The average molecular weight is 257 g/mol. The van der Waals surface area contributed by atoms with Crippen LogP contribution in [0.25, 0.3) is 0 Å². The molecule has 0 aromatic carbocycles. The summed E-state index contributed by atoms with van der Waals surface area (Å²) < 4.78 is 1.53. The van der Waals surface area contributed by atoms with E-state index in [-0.39, 0.29) is 18.1 Å². The highest BCUT2D eigenvalue weighted by Crippen LogP contribution is 2.21. The lowest BCUT2D eigenvalue weighted by Gasteiger charge is -2.09. The van der Waals surface area contributed by atoms with Gasteiger partial charge in [0.15, 0.2) is 0 Å². The maximum atomic E-state index is 11.7. The molecule has 1 aliphatic rings. The molecule has 0 spiro atoms. The first-order valence-corrected chi connectivity index (χ1v) is 5.73. The summed E-state index contributed by atoms with van der Waals surface area (Å²) in [6.45, 7) is 0.433. The van der Waals surface area contributed by atoms with E-state index in [1.54, 1.807) is 12.4 Å². The van der Waals surface area contributed by atoms with Gasteiger partial charge in [-0.15, -0.1) is 0 Å². The monoisotopic (exact) mass is 257 g/mol. The minimum atomic E-state index is -0.482. The number of nitrogens with two attached hydrogens (primary N) is 1. The largest absolute Gasteiger partial charge is 0.383 e. The third kappa shape index (κ3) is 1.95. The first-order chi connectivity index (χ1) is 9.15. The van der Waals surface area contributed by atoms with E-state index in [9.17, 15) is 9.59 Å². The number of pyridine rings is 1. The first kappa shape index (κ1) is 11.4. The zero-order chi connectivity index (χ0) is 13.4. The lowest BCUT2D eigenvalue weighted by molar-refractivity contribution is -0.119. The van der Waals surface area contributed by atoms with Gasteiger partial charge in [-0.3, -0.25) is 19.9 Å². The second kappa shape index (κ2) is 4.20. The van der Waals surface area contributed by atoms with Crippen LogP contribution in [0.5, 0.6) is 0 Å². The Morgan fingerprint density at radius 2 is 2.05 bits per heavy atom. The molecule has 2 aromatic rings. The van der Waals surface area contributed by atoms with Gasteiger partial charge >= 0.3 is 0 Å². The Labute approximate surface area is 108 Å². The van der Waals surface area contributed by atoms with Crippen LogP contribution in [0.1, 0.15) is 21.6 Å². The van der Waals surface area contributed by atoms with Crippen molar-refractivity contribution in [3.05, 3.63) is 41.3 Å². The summed E-state index contributed by atoms with van der Waals surface area (Å²) in [6.07, 6.45) is 3.42. The summed E-state index contributed by atoms with van der Waals surface area (Å²) in [5.41, 5.74) is 7.62. The second-order valence-electron chi connectivity index (χ2n) is 4.27. The molecule has 96 valence electrons. The van der Waals surface area contributed by atoms with Crippen molar-refractivity contribution in [1.82, 2.24) is 20.1 Å². The Bertz CT molecular complexity index is 662. The highest BCUT2D eigenvalue weighted by atomic mass is 16.2. The van der Waals surface area contributed by atoms with E-state index in [0.29, 0.717) is 17.8 Å². The number of nitrogen functional groups attached to an aromatic ring is 1. The van der Waals surface area contributed by atoms with Gasteiger partial charge in [0.25, 0.3) is 5.91 Å². The summed E-state index contributed by atoms with van der Waals surface area (Å²) in [4.78, 5) is 26.9. The Balaban J connectivity index is 1.99. The number of nitrogens with one attached hydrogen (secondary N) is 1. The highest BCUT2D eigenvalue weighted by Gasteiger charge is 2.29. The number of carbonyl (C=O) groups excluding carboxylic acids is 2. The van der Waals surface area contributed by atoms with Crippen molar-refractivity contribution in [3.8, 4) is 0 Å². The Morgan fingerprint density at radius 3 is 2.79 bits per heavy atom. The van der Waals surface area contributed by atoms with Crippen molar-refractivity contribution < 1.29 is 9.59 Å². The summed E-state index contributed by atoms with van der Waals surface area (Å²) in [6, 6.07) is 3.68. The molecule has 19 heavy (non-hydrogen) atoms. The summed E-state index contributed by atoms with van der Waals surface area (Å²) in [5, 5.41) is 6.47. The summed E-state index contributed by atoms with van der Waals surface area (Å²) in [5.74, 6) is -0.562. The molecule has 0 unspecified atom stereocenters. The molecule has 0 saturated carbocycles. The predicted molar refractivity (Wildman–Crippen MR) is 66.2 cm³/mol. The molecular formula is C12H11N5O2. The van der Waals surface area contributed by atoms with Crippen LogP contribution in [-0.4, -0.2) is 26.6 Å². The number of anilines is 1. The third-order valence-electron chi connectivity index (χ3n) is 2.95. The van der Waals surface area contributed by atoms with Gasteiger partial charge in [-0.25, -0.2) is 4.68 Å². The molecule has 0 atom stereocenters. The topological polar surface area (TPSA) is 103 Å². The molecule has 7 heteroatoms. The standard InChI is InChI=1S/C12H11N5O2/c13-11-10-8(5-9(18)15-12(10)19)16-17(11)6-7-1-3-14-4-2-7/h1-4H,5-6,13H2,(H,15,18,19). The number of carbonyl (C=O) groups is 2. The number of rotatable bonds is 2. The van der Waals surface area contributed by atoms with Crippen molar-refractivity contribution in [2.45, 2.75) is 13.0 Å². The van der Waals surface area contributed by atoms with Crippen LogP contribution in [-0.2, 0) is 17.8 Å². The zero-order valence-electron chi connectivity index (χ0n) is 9.96. The Hall–Kier alpha value is -2.70. The van der Waals surface area contributed by atoms with E-state index in [2.05, 4.69) is 15.4 Å². The number of hydrogen-bond acceptors (Lipinski definition) is 5. The fourth-order valence-corrected chi connectivity index (χ4v) is 2.06. The molecule has 0 aliphatic carbocycles. The van der Waals surface area contributed by atoms with Gasteiger partial charge in [0.05, 0.1) is 18.7 Å². The molecule has 0 saturated heterocycles. The number of fused-ring (bicyclic) bond motifs is 1. The molecule has 7 nitrogen and oxygen atoms in total. The molecule has 1 aliphatic heterocycles. The number of aromatic nitrogens is 3. The van der Waals surface area contributed by atoms with Crippen LogP contribution in [0.4, 0.5) is 5.82 Å². The van der Waals surface area contributed by atoms with Crippen LogP contribution in [0.15, 0.2) is 24.5 Å². The van der Waals surface area contributed by atoms with Crippen molar-refractivity contribution >= 4 is 17.6 Å². The molecule has 3 rings (SSSR count). The molecular weight excluding hydrogens is 246 g/mol. The minimum Gasteiger partial charge on any atom is -0.383 e. The lowest BCUT2D eigenvalue weighted by atomic mass is 10.1. The maximum Gasteiger partial charge on any atom is 0.263 e. The number of hydrogen-bond donors (Lipinski definition) is 2. The van der Waals surface area contributed by atoms with E-state index in [1.165, 1.54) is 4.68 Å². The normalized spacial score (nSPS) is 14.1. The van der Waals surface area contributed by atoms with E-state index in [0.717, 1.165) is 5.56 Å². The molecule has 2 amide bonds. The molecule has 0 fully saturated rings. The molecule has 0 bridgehead atoms. The van der Waals surface area contributed by atoms with Gasteiger partial charge in [-0.2, -0.15) is 5.10 Å². The predicted octanol–water partition coefficient (Wildman–Crippen LogP) is -0.279. The second-order valence-corrected chi connectivity index (χ2v) is 4.27. The Morgan fingerprint density at radius 1 is 1.32 bits per heavy atom. The van der Waals surface area contributed by atoms with Crippen molar-refractivity contribution in [2.24, 2.45) is 0 Å². The van der Waals surface area contributed by atoms with Crippen molar-refractivity contribution in [1.29, 1.82) is 0 Å². The quantitative estimate of drug-likeness (QED) is 0.720. The smallest absolute Gasteiger partial charge is 0.263 e. The van der Waals surface area contributed by atoms with E-state index in [1.807, 2.05) is 12.1 Å². The van der Waals surface area contributed by atoms with Gasteiger partial charge in [-0.05, 0) is 17.7 Å². The van der Waals surface area contributed by atoms with Crippen LogP contribution >= 0.6 is 0 Å². The summed E-state index contributed by atoms with van der Waals surface area (Å²) >= 11 is 0. The fraction of sp³-hybridized carbons (Fsp3) is 0.167. The molecule has 0 radical (unpaired) electrons. The van der Waals surface area contributed by atoms with Crippen molar-refractivity contribution in [3.63, 3.8) is 0 Å². The molecule has 3 heterocycles. The lowest BCUT2D eigenvalue weighted by Crippen LogP contribution is -2.37. The number of imide groups is 1. The molecule has 3 N–H and O–H groups in total. The van der Waals surface area contributed by atoms with Gasteiger partial charge < -0.3 is 5.73 Å². The maximum absolute atomic E-state index is 11.7. The van der Waals surface area contributed by atoms with Crippen LogP contribution < -0.4 is 11.1 Å². The van der Waals surface area contributed by atoms with Crippen LogP contribution in [0.3, 0.4) is 0 Å². The third-order valence-corrected chi connectivity index (χ3v) is 2.95. The highest BCUT2D eigenvalue weighted by molar-refractivity contribution is 6.11. The van der Waals surface area contributed by atoms with Crippen LogP contribution in [0.2, 0.25) is 0 Å². The van der Waals surface area contributed by atoms with E-state index in [4.69, 9.17) is 5.73 Å². The van der Waals surface area contributed by atoms with Gasteiger partial charge in [0.2, 0.25) is 5.91 Å². The first-order valence-electron chi connectivity index (χ1n) is 5.73. The van der Waals surface area contributed by atoms with E-state index >= 15 is 0 Å². The number of nitrogens with zero attached hydrogens (tertiary/aromatic N) is 3. The minimum absolute atomic E-state index is 0.0780. The van der Waals surface area contributed by atoms with Gasteiger partial charge in [0, 0.05) is 12.4 Å². The van der Waals surface area contributed by atoms with Crippen LogP contribution in [0, 0.1) is 0 Å². The summed E-state index contributed by atoms with van der Waals surface area (Å²) in [7, 11) is 0. The van der Waals surface area contributed by atoms with Gasteiger partial charge in [0.1, 0.15) is 11.4 Å². The Kier molecular flexibility index (Phi) is 2.52. The SMILES string of the molecule is Nc1c2c(nn1Cc1ccncc1)CC(=O)NC2=O. The van der Waals surface area contributed by atoms with Gasteiger partial charge in [-0.1, -0.05) is 0 Å².